The molecule has 1 saturated heterocycles. The van der Waals surface area contributed by atoms with Crippen molar-refractivity contribution < 1.29 is 18.7 Å². The van der Waals surface area contributed by atoms with Crippen LogP contribution < -0.4 is 10.2 Å². The van der Waals surface area contributed by atoms with E-state index in [0.717, 1.165) is 6.07 Å². The molecule has 3 rings (SSSR count). The third kappa shape index (κ3) is 2.98. The first-order valence-electron chi connectivity index (χ1n) is 7.03. The smallest absolute Gasteiger partial charge is 0.414 e. The standard InChI is InChI=1S/C14H14FN5O3/c1-2-9-6-20(14(22)23-9)8-3-4-10(11(15)5-8)12(21)18-13-16-7-17-19-13/h3-5,7,9H,2,6H2,1H3,(H2,16,17,18,19,21). The summed E-state index contributed by atoms with van der Waals surface area (Å²) in [7, 11) is 0. The summed E-state index contributed by atoms with van der Waals surface area (Å²) in [5, 5.41) is 8.40. The van der Waals surface area contributed by atoms with Crippen LogP contribution in [0.2, 0.25) is 0 Å². The summed E-state index contributed by atoms with van der Waals surface area (Å²) in [6.45, 7) is 2.26. The molecule has 0 radical (unpaired) electrons. The number of nitrogens with zero attached hydrogens (tertiary/aromatic N) is 3. The van der Waals surface area contributed by atoms with Crippen LogP contribution in [0.5, 0.6) is 0 Å². The molecule has 0 spiro atoms. The number of amides is 2. The van der Waals surface area contributed by atoms with Gasteiger partial charge in [0.25, 0.3) is 5.91 Å². The first-order valence-corrected chi connectivity index (χ1v) is 7.03. The van der Waals surface area contributed by atoms with Crippen molar-refractivity contribution in [3.8, 4) is 0 Å². The number of halogens is 1. The van der Waals surface area contributed by atoms with Crippen molar-refractivity contribution >= 4 is 23.6 Å². The van der Waals surface area contributed by atoms with Gasteiger partial charge in [0.1, 0.15) is 18.2 Å². The van der Waals surface area contributed by atoms with E-state index in [1.165, 1.54) is 23.4 Å². The zero-order valence-corrected chi connectivity index (χ0v) is 12.2. The van der Waals surface area contributed by atoms with Crippen LogP contribution in [0.4, 0.5) is 20.8 Å². The van der Waals surface area contributed by atoms with E-state index in [4.69, 9.17) is 4.74 Å². The number of hydrogen-bond acceptors (Lipinski definition) is 5. The van der Waals surface area contributed by atoms with Gasteiger partial charge in [-0.15, -0.1) is 0 Å². The predicted molar refractivity (Wildman–Crippen MR) is 78.6 cm³/mol. The summed E-state index contributed by atoms with van der Waals surface area (Å²) >= 11 is 0. The monoisotopic (exact) mass is 319 g/mol. The fourth-order valence-corrected chi connectivity index (χ4v) is 2.24. The van der Waals surface area contributed by atoms with Gasteiger partial charge in [-0.1, -0.05) is 6.92 Å². The van der Waals surface area contributed by atoms with Crippen molar-refractivity contribution in [1.29, 1.82) is 0 Å². The van der Waals surface area contributed by atoms with Gasteiger partial charge in [0.15, 0.2) is 0 Å². The number of nitrogens with one attached hydrogen (secondary N) is 2. The highest BCUT2D eigenvalue weighted by atomic mass is 19.1. The van der Waals surface area contributed by atoms with E-state index in [-0.39, 0.29) is 17.6 Å². The van der Waals surface area contributed by atoms with Crippen LogP contribution in [0.15, 0.2) is 24.5 Å². The van der Waals surface area contributed by atoms with Gasteiger partial charge < -0.3 is 4.74 Å². The van der Waals surface area contributed by atoms with Crippen molar-refractivity contribution in [1.82, 2.24) is 15.2 Å². The molecule has 8 nitrogen and oxygen atoms in total. The second kappa shape index (κ2) is 6.03. The number of aromatic amines is 1. The van der Waals surface area contributed by atoms with Crippen LogP contribution in [0.25, 0.3) is 0 Å². The minimum atomic E-state index is -0.743. The molecule has 1 aromatic heterocycles. The van der Waals surface area contributed by atoms with Gasteiger partial charge in [-0.3, -0.25) is 15.0 Å². The number of H-pyrrole nitrogens is 1. The fourth-order valence-electron chi connectivity index (χ4n) is 2.24. The Balaban J connectivity index is 1.78. The topological polar surface area (TPSA) is 100 Å². The molecule has 0 saturated carbocycles. The molecule has 1 fully saturated rings. The predicted octanol–water partition coefficient (Wildman–Crippen LogP) is 1.93. The molecule has 1 aliphatic rings. The van der Waals surface area contributed by atoms with Crippen LogP contribution in [0.1, 0.15) is 23.7 Å². The van der Waals surface area contributed by atoms with E-state index >= 15 is 0 Å². The Hall–Kier alpha value is -2.97. The number of ether oxygens (including phenoxy) is 1. The number of benzene rings is 1. The fraction of sp³-hybridized carbons (Fsp3) is 0.286. The van der Waals surface area contributed by atoms with Crippen molar-refractivity contribution in [2.45, 2.75) is 19.4 Å². The molecule has 9 heteroatoms. The minimum absolute atomic E-state index is 0.118. The number of anilines is 2. The van der Waals surface area contributed by atoms with E-state index in [1.54, 1.807) is 0 Å². The third-order valence-electron chi connectivity index (χ3n) is 3.49. The maximum absolute atomic E-state index is 14.2. The number of carbonyl (C=O) groups excluding carboxylic acids is 2. The van der Waals surface area contributed by atoms with Gasteiger partial charge >= 0.3 is 6.09 Å². The Morgan fingerprint density at radius 2 is 2.39 bits per heavy atom. The highest BCUT2D eigenvalue weighted by Crippen LogP contribution is 2.25. The minimum Gasteiger partial charge on any atom is -0.444 e. The van der Waals surface area contributed by atoms with Gasteiger partial charge in [0.05, 0.1) is 17.8 Å². The SMILES string of the molecule is CCC1CN(c2ccc(C(=O)Nc3ncn[nH]3)c(F)c2)C(=O)O1. The van der Waals surface area contributed by atoms with Crippen LogP contribution in [0, 0.1) is 5.82 Å². The lowest BCUT2D eigenvalue weighted by Gasteiger charge is -2.14. The van der Waals surface area contributed by atoms with E-state index in [0.29, 0.717) is 18.7 Å². The van der Waals surface area contributed by atoms with Gasteiger partial charge in [-0.25, -0.2) is 14.3 Å². The molecule has 2 amide bonds. The van der Waals surface area contributed by atoms with Crippen LogP contribution in [-0.2, 0) is 4.74 Å². The van der Waals surface area contributed by atoms with Crippen molar-refractivity contribution in [3.05, 3.63) is 35.9 Å². The van der Waals surface area contributed by atoms with Crippen molar-refractivity contribution in [2.75, 3.05) is 16.8 Å². The summed E-state index contributed by atoms with van der Waals surface area (Å²) in [6.07, 6.45) is 1.18. The highest BCUT2D eigenvalue weighted by molar-refractivity contribution is 6.04. The van der Waals surface area contributed by atoms with E-state index in [2.05, 4.69) is 20.5 Å². The quantitative estimate of drug-likeness (QED) is 0.897. The lowest BCUT2D eigenvalue weighted by molar-refractivity contribution is 0.102. The normalized spacial score (nSPS) is 17.2. The summed E-state index contributed by atoms with van der Waals surface area (Å²) < 4.78 is 19.3. The Morgan fingerprint density at radius 1 is 1.57 bits per heavy atom. The van der Waals surface area contributed by atoms with Gasteiger partial charge in [-0.2, -0.15) is 10.1 Å². The maximum Gasteiger partial charge on any atom is 0.414 e. The molecule has 23 heavy (non-hydrogen) atoms. The summed E-state index contributed by atoms with van der Waals surface area (Å²) in [6, 6.07) is 3.94. The molecular weight excluding hydrogens is 305 g/mol. The molecule has 1 unspecified atom stereocenters. The number of cyclic esters (lactones) is 1. The lowest BCUT2D eigenvalue weighted by atomic mass is 10.1. The average Bonchev–Trinajstić information content (AvgIpc) is 3.16. The molecular formula is C14H14FN5O3. The molecule has 2 N–H and O–H groups in total. The summed E-state index contributed by atoms with van der Waals surface area (Å²) in [5.41, 5.74) is 0.185. The van der Waals surface area contributed by atoms with Gasteiger partial charge in [0, 0.05) is 0 Å². The van der Waals surface area contributed by atoms with Crippen LogP contribution in [0.3, 0.4) is 0 Å². The second-order valence-corrected chi connectivity index (χ2v) is 4.98. The molecule has 2 heterocycles. The zero-order valence-electron chi connectivity index (χ0n) is 12.2. The lowest BCUT2D eigenvalue weighted by Crippen LogP contribution is -2.25. The number of rotatable bonds is 4. The Labute approximate surface area is 130 Å². The van der Waals surface area contributed by atoms with Crippen molar-refractivity contribution in [3.63, 3.8) is 0 Å². The Kier molecular flexibility index (Phi) is 3.92. The number of aromatic nitrogens is 3. The number of hydrogen-bond donors (Lipinski definition) is 2. The molecule has 2 aromatic rings. The summed E-state index contributed by atoms with van der Waals surface area (Å²) in [5.74, 6) is -1.29. The third-order valence-corrected chi connectivity index (χ3v) is 3.49. The molecule has 1 aromatic carbocycles. The van der Waals surface area contributed by atoms with Crippen molar-refractivity contribution in [2.24, 2.45) is 0 Å². The van der Waals surface area contributed by atoms with E-state index in [9.17, 15) is 14.0 Å². The second-order valence-electron chi connectivity index (χ2n) is 4.98. The molecule has 1 aliphatic heterocycles. The Bertz CT molecular complexity index is 734. The molecule has 0 aliphatic carbocycles. The maximum atomic E-state index is 14.2. The first-order chi connectivity index (χ1) is 11.1. The highest BCUT2D eigenvalue weighted by Gasteiger charge is 2.31. The average molecular weight is 319 g/mol. The molecule has 0 bridgehead atoms. The zero-order chi connectivity index (χ0) is 16.4. The van der Waals surface area contributed by atoms with Gasteiger partial charge in [0.2, 0.25) is 5.95 Å². The molecule has 120 valence electrons. The number of carbonyl (C=O) groups is 2. The first kappa shape index (κ1) is 14.9. The largest absolute Gasteiger partial charge is 0.444 e. The Morgan fingerprint density at radius 3 is 3.00 bits per heavy atom. The van der Waals surface area contributed by atoms with E-state index in [1.807, 2.05) is 6.92 Å². The molecule has 1 atom stereocenters. The van der Waals surface area contributed by atoms with Crippen LogP contribution >= 0.6 is 0 Å². The van der Waals surface area contributed by atoms with Crippen LogP contribution in [-0.4, -0.2) is 39.8 Å². The van der Waals surface area contributed by atoms with Gasteiger partial charge in [-0.05, 0) is 24.6 Å². The van der Waals surface area contributed by atoms with E-state index < -0.39 is 17.8 Å². The summed E-state index contributed by atoms with van der Waals surface area (Å²) in [4.78, 5) is 28.8.